The van der Waals surface area contributed by atoms with Gasteiger partial charge in [-0.25, -0.2) is 0 Å². The summed E-state index contributed by atoms with van der Waals surface area (Å²) in [7, 11) is 1.59. The van der Waals surface area contributed by atoms with Crippen LogP contribution in [0.25, 0.3) is 0 Å². The third kappa shape index (κ3) is 5.55. The maximum Gasteiger partial charge on any atom is 0.306 e. The maximum atomic E-state index is 12.3. The van der Waals surface area contributed by atoms with Gasteiger partial charge in [-0.1, -0.05) is 32.6 Å². The SMILES string of the molecule is CC[C@H](OC(=O)CCC1CCCC1)C(=O)Nc1ccc(OC)cc1. The molecule has 5 nitrogen and oxygen atoms in total. The first kappa shape index (κ1) is 18.3. The minimum Gasteiger partial charge on any atom is -0.497 e. The second-order valence-electron chi connectivity index (χ2n) is 6.29. The van der Waals surface area contributed by atoms with Crippen LogP contribution in [0.15, 0.2) is 24.3 Å². The Labute approximate surface area is 143 Å². The smallest absolute Gasteiger partial charge is 0.306 e. The Hall–Kier alpha value is -2.04. The van der Waals surface area contributed by atoms with Gasteiger partial charge in [0.2, 0.25) is 0 Å². The predicted octanol–water partition coefficient (Wildman–Crippen LogP) is 3.93. The van der Waals surface area contributed by atoms with Crippen molar-refractivity contribution >= 4 is 17.6 Å². The third-order valence-corrected chi connectivity index (χ3v) is 4.53. The Bertz CT molecular complexity index is 535. The third-order valence-electron chi connectivity index (χ3n) is 4.53. The fourth-order valence-corrected chi connectivity index (χ4v) is 3.06. The molecule has 0 unspecified atom stereocenters. The second-order valence-corrected chi connectivity index (χ2v) is 6.29. The summed E-state index contributed by atoms with van der Waals surface area (Å²) in [4.78, 5) is 24.3. The van der Waals surface area contributed by atoms with Crippen LogP contribution < -0.4 is 10.1 Å². The number of nitrogens with one attached hydrogen (secondary N) is 1. The van der Waals surface area contributed by atoms with E-state index < -0.39 is 6.10 Å². The molecule has 0 aliphatic heterocycles. The Morgan fingerprint density at radius 3 is 2.46 bits per heavy atom. The highest BCUT2D eigenvalue weighted by Crippen LogP contribution is 2.28. The zero-order chi connectivity index (χ0) is 17.4. The number of amides is 1. The molecule has 1 atom stereocenters. The standard InChI is InChI=1S/C19H27NO4/c1-3-17(24-18(21)13-8-14-6-4-5-7-14)19(22)20-15-9-11-16(23-2)12-10-15/h9-12,14,17H,3-8,13H2,1-2H3,(H,20,22)/t17-/m0/s1. The van der Waals surface area contributed by atoms with Crippen LogP contribution in [0.1, 0.15) is 51.9 Å². The van der Waals surface area contributed by atoms with Crippen LogP contribution in [0.5, 0.6) is 5.75 Å². The van der Waals surface area contributed by atoms with Crippen LogP contribution in [-0.4, -0.2) is 25.1 Å². The minimum absolute atomic E-state index is 0.279. The van der Waals surface area contributed by atoms with Gasteiger partial charge in [0.1, 0.15) is 5.75 Å². The molecule has 0 aromatic heterocycles. The van der Waals surface area contributed by atoms with E-state index in [4.69, 9.17) is 9.47 Å². The van der Waals surface area contributed by atoms with Gasteiger partial charge in [-0.3, -0.25) is 9.59 Å². The molecule has 1 aromatic rings. The van der Waals surface area contributed by atoms with Gasteiger partial charge in [0.15, 0.2) is 6.10 Å². The summed E-state index contributed by atoms with van der Waals surface area (Å²) in [6, 6.07) is 7.05. The van der Waals surface area contributed by atoms with Crippen molar-refractivity contribution in [3.8, 4) is 5.75 Å². The fraction of sp³-hybridized carbons (Fsp3) is 0.579. The van der Waals surface area contributed by atoms with Gasteiger partial charge in [-0.05, 0) is 43.0 Å². The number of carbonyl (C=O) groups excluding carboxylic acids is 2. The highest BCUT2D eigenvalue weighted by atomic mass is 16.5. The number of ether oxygens (including phenoxy) is 2. The summed E-state index contributed by atoms with van der Waals surface area (Å²) in [5.74, 6) is 0.791. The normalized spacial score (nSPS) is 15.8. The predicted molar refractivity (Wildman–Crippen MR) is 93.0 cm³/mol. The zero-order valence-corrected chi connectivity index (χ0v) is 14.5. The van der Waals surface area contributed by atoms with Gasteiger partial charge < -0.3 is 14.8 Å². The van der Waals surface area contributed by atoms with Crippen LogP contribution in [0.4, 0.5) is 5.69 Å². The number of carbonyl (C=O) groups is 2. The Kier molecular flexibility index (Phi) is 7.09. The number of hydrogen-bond donors (Lipinski definition) is 1. The summed E-state index contributed by atoms with van der Waals surface area (Å²) in [5, 5.41) is 2.78. The topological polar surface area (TPSA) is 64.6 Å². The van der Waals surface area contributed by atoms with Crippen molar-refractivity contribution in [3.63, 3.8) is 0 Å². The Morgan fingerprint density at radius 2 is 1.88 bits per heavy atom. The molecule has 132 valence electrons. The van der Waals surface area contributed by atoms with Gasteiger partial charge >= 0.3 is 5.97 Å². The number of rotatable bonds is 8. The Morgan fingerprint density at radius 1 is 1.21 bits per heavy atom. The summed E-state index contributed by atoms with van der Waals surface area (Å²) in [6.45, 7) is 1.84. The maximum absolute atomic E-state index is 12.3. The molecule has 1 fully saturated rings. The molecule has 1 aromatic carbocycles. The fourth-order valence-electron chi connectivity index (χ4n) is 3.06. The molecule has 0 heterocycles. The minimum atomic E-state index is -0.747. The van der Waals surface area contributed by atoms with Crippen LogP contribution in [0.2, 0.25) is 0 Å². The lowest BCUT2D eigenvalue weighted by molar-refractivity contribution is -0.154. The molecule has 0 saturated heterocycles. The second kappa shape index (κ2) is 9.30. The summed E-state index contributed by atoms with van der Waals surface area (Å²) in [6.07, 6.45) is 5.93. The molecule has 0 bridgehead atoms. The number of esters is 1. The van der Waals surface area contributed by atoms with E-state index in [2.05, 4.69) is 5.32 Å². The molecule has 1 aliphatic carbocycles. The molecular weight excluding hydrogens is 306 g/mol. The largest absolute Gasteiger partial charge is 0.497 e. The molecule has 1 amide bonds. The van der Waals surface area contributed by atoms with Crippen molar-refractivity contribution in [2.45, 2.75) is 58.0 Å². The molecular formula is C19H27NO4. The highest BCUT2D eigenvalue weighted by molar-refractivity contribution is 5.95. The number of anilines is 1. The average Bonchev–Trinajstić information content (AvgIpc) is 3.12. The molecule has 0 radical (unpaired) electrons. The van der Waals surface area contributed by atoms with Crippen LogP contribution in [0, 0.1) is 5.92 Å². The number of benzene rings is 1. The monoisotopic (exact) mass is 333 g/mol. The Balaban J connectivity index is 1.79. The van der Waals surface area contributed by atoms with Gasteiger partial charge in [0.05, 0.1) is 7.11 Å². The molecule has 2 rings (SSSR count). The van der Waals surface area contributed by atoms with Crippen LogP contribution in [0.3, 0.4) is 0 Å². The van der Waals surface area contributed by atoms with Gasteiger partial charge in [0.25, 0.3) is 5.91 Å². The molecule has 0 spiro atoms. The van der Waals surface area contributed by atoms with E-state index in [0.29, 0.717) is 24.4 Å². The first-order valence-electron chi connectivity index (χ1n) is 8.76. The molecule has 1 aliphatic rings. The first-order valence-corrected chi connectivity index (χ1v) is 8.76. The summed E-state index contributed by atoms with van der Waals surface area (Å²) >= 11 is 0. The lowest BCUT2D eigenvalue weighted by atomic mass is 10.0. The molecule has 1 saturated carbocycles. The van der Waals surface area contributed by atoms with Crippen molar-refractivity contribution in [1.29, 1.82) is 0 Å². The van der Waals surface area contributed by atoms with E-state index in [1.165, 1.54) is 25.7 Å². The molecule has 5 heteroatoms. The highest BCUT2D eigenvalue weighted by Gasteiger charge is 2.22. The van der Waals surface area contributed by atoms with E-state index in [1.54, 1.807) is 31.4 Å². The van der Waals surface area contributed by atoms with Crippen molar-refractivity contribution in [2.24, 2.45) is 5.92 Å². The van der Waals surface area contributed by atoms with Crippen molar-refractivity contribution in [1.82, 2.24) is 0 Å². The van der Waals surface area contributed by atoms with E-state index >= 15 is 0 Å². The van der Waals surface area contributed by atoms with E-state index in [0.717, 1.165) is 12.2 Å². The van der Waals surface area contributed by atoms with Gasteiger partial charge in [-0.15, -0.1) is 0 Å². The quantitative estimate of drug-likeness (QED) is 0.732. The van der Waals surface area contributed by atoms with E-state index in [1.807, 2.05) is 6.92 Å². The first-order chi connectivity index (χ1) is 11.6. The number of methoxy groups -OCH3 is 1. The number of hydrogen-bond acceptors (Lipinski definition) is 4. The van der Waals surface area contributed by atoms with Crippen molar-refractivity contribution < 1.29 is 19.1 Å². The van der Waals surface area contributed by atoms with Crippen molar-refractivity contribution in [2.75, 3.05) is 12.4 Å². The molecule has 24 heavy (non-hydrogen) atoms. The summed E-state index contributed by atoms with van der Waals surface area (Å²) < 4.78 is 10.4. The van der Waals surface area contributed by atoms with Crippen molar-refractivity contribution in [3.05, 3.63) is 24.3 Å². The lowest BCUT2D eigenvalue weighted by Crippen LogP contribution is -2.32. The van der Waals surface area contributed by atoms with Gasteiger partial charge in [0, 0.05) is 12.1 Å². The summed E-state index contributed by atoms with van der Waals surface area (Å²) in [5.41, 5.74) is 0.654. The van der Waals surface area contributed by atoms with Gasteiger partial charge in [-0.2, -0.15) is 0 Å². The average molecular weight is 333 g/mol. The van der Waals surface area contributed by atoms with Crippen LogP contribution in [-0.2, 0) is 14.3 Å². The van der Waals surface area contributed by atoms with E-state index in [-0.39, 0.29) is 11.9 Å². The van der Waals surface area contributed by atoms with E-state index in [9.17, 15) is 9.59 Å². The lowest BCUT2D eigenvalue weighted by Gasteiger charge is -2.17. The van der Waals surface area contributed by atoms with Crippen LogP contribution >= 0.6 is 0 Å². The zero-order valence-electron chi connectivity index (χ0n) is 14.5. The molecule has 1 N–H and O–H groups in total.